The van der Waals surface area contributed by atoms with Crippen molar-refractivity contribution >= 4 is 17.1 Å². The Balaban J connectivity index is 1.54. The van der Waals surface area contributed by atoms with Gasteiger partial charge in [-0.25, -0.2) is 9.97 Å². The molecule has 0 saturated carbocycles. The van der Waals surface area contributed by atoms with E-state index in [1.807, 2.05) is 19.1 Å². The van der Waals surface area contributed by atoms with Crippen molar-refractivity contribution in [3.8, 4) is 11.6 Å². The van der Waals surface area contributed by atoms with Gasteiger partial charge in [-0.15, -0.1) is 0 Å². The fraction of sp³-hybridized carbons (Fsp3) is 0.100. The summed E-state index contributed by atoms with van der Waals surface area (Å²) in [5.74, 6) is -1.12. The van der Waals surface area contributed by atoms with Crippen molar-refractivity contribution in [3.63, 3.8) is 0 Å². The number of hydrogen-bond acceptors (Lipinski definition) is 5. The molecular formula is C20H14F3N5O2. The Labute approximate surface area is 168 Å². The first-order chi connectivity index (χ1) is 14.3. The predicted molar refractivity (Wildman–Crippen MR) is 101 cm³/mol. The van der Waals surface area contributed by atoms with Crippen LogP contribution in [0, 0.1) is 6.92 Å². The highest BCUT2D eigenvalue weighted by Gasteiger charge is 2.38. The number of imidazole rings is 1. The summed E-state index contributed by atoms with van der Waals surface area (Å²) in [7, 11) is 0. The number of aromatic nitrogens is 4. The molecule has 4 aromatic rings. The van der Waals surface area contributed by atoms with Crippen LogP contribution in [0.2, 0.25) is 0 Å². The first kappa shape index (κ1) is 19.4. The van der Waals surface area contributed by atoms with Crippen LogP contribution in [-0.4, -0.2) is 25.3 Å². The summed E-state index contributed by atoms with van der Waals surface area (Å²) in [6.45, 7) is 1.95. The Kier molecular flexibility index (Phi) is 4.82. The van der Waals surface area contributed by atoms with Crippen molar-refractivity contribution in [2.24, 2.45) is 0 Å². The number of alkyl halides is 3. The number of amides is 1. The average Bonchev–Trinajstić information content (AvgIpc) is 3.11. The minimum Gasteiger partial charge on any atom is -0.439 e. The van der Waals surface area contributed by atoms with Gasteiger partial charge < -0.3 is 10.1 Å². The minimum atomic E-state index is -4.72. The molecule has 4 rings (SSSR count). The average molecular weight is 413 g/mol. The molecule has 30 heavy (non-hydrogen) atoms. The van der Waals surface area contributed by atoms with Gasteiger partial charge in [0.1, 0.15) is 5.75 Å². The summed E-state index contributed by atoms with van der Waals surface area (Å²) in [5.41, 5.74) is 0.906. The van der Waals surface area contributed by atoms with Crippen LogP contribution in [0.3, 0.4) is 0 Å². The van der Waals surface area contributed by atoms with Crippen LogP contribution in [-0.2, 0) is 6.18 Å². The number of hydrogen-bond donors (Lipinski definition) is 1. The Bertz CT molecular complexity index is 1200. The third-order valence-electron chi connectivity index (χ3n) is 4.15. The molecule has 0 aliphatic heterocycles. The zero-order chi connectivity index (χ0) is 21.3. The molecule has 0 atom stereocenters. The molecule has 0 aliphatic rings. The molecular weight excluding hydrogens is 399 g/mol. The molecule has 0 bridgehead atoms. The number of aryl methyl sites for hydroxylation is 1. The van der Waals surface area contributed by atoms with Crippen molar-refractivity contribution in [2.75, 3.05) is 5.32 Å². The summed E-state index contributed by atoms with van der Waals surface area (Å²) in [5, 5.41) is 2.49. The summed E-state index contributed by atoms with van der Waals surface area (Å²) >= 11 is 0. The number of nitrogens with zero attached hydrogens (tertiary/aromatic N) is 4. The van der Waals surface area contributed by atoms with Crippen LogP contribution in [0.15, 0.2) is 61.2 Å². The number of benzene rings is 1. The highest BCUT2D eigenvalue weighted by atomic mass is 19.4. The van der Waals surface area contributed by atoms with Crippen molar-refractivity contribution < 1.29 is 22.7 Å². The Morgan fingerprint density at radius 3 is 2.53 bits per heavy atom. The lowest BCUT2D eigenvalue weighted by molar-refractivity contribution is -0.145. The first-order valence-corrected chi connectivity index (χ1v) is 8.72. The third kappa shape index (κ3) is 3.93. The van der Waals surface area contributed by atoms with Gasteiger partial charge in [0.2, 0.25) is 11.7 Å². The quantitative estimate of drug-likeness (QED) is 0.533. The molecule has 10 heteroatoms. The van der Waals surface area contributed by atoms with Gasteiger partial charge >= 0.3 is 6.18 Å². The fourth-order valence-corrected chi connectivity index (χ4v) is 2.74. The third-order valence-corrected chi connectivity index (χ3v) is 4.15. The largest absolute Gasteiger partial charge is 0.450 e. The van der Waals surface area contributed by atoms with Crippen molar-refractivity contribution in [3.05, 3.63) is 78.3 Å². The monoisotopic (exact) mass is 413 g/mol. The van der Waals surface area contributed by atoms with Crippen molar-refractivity contribution in [2.45, 2.75) is 13.1 Å². The number of fused-ring (bicyclic) bond motifs is 1. The van der Waals surface area contributed by atoms with Crippen LogP contribution in [0.5, 0.6) is 11.6 Å². The second-order valence-electron chi connectivity index (χ2n) is 6.37. The number of carbonyl (C=O) groups excluding carboxylic acids is 1. The number of anilines is 1. The van der Waals surface area contributed by atoms with E-state index in [1.165, 1.54) is 24.5 Å². The predicted octanol–water partition coefficient (Wildman–Crippen LogP) is 4.50. The highest BCUT2D eigenvalue weighted by Crippen LogP contribution is 2.30. The zero-order valence-electron chi connectivity index (χ0n) is 15.5. The van der Waals surface area contributed by atoms with Gasteiger partial charge in [0.15, 0.2) is 5.69 Å². The topological polar surface area (TPSA) is 81.4 Å². The maximum Gasteiger partial charge on any atom is 0.450 e. The van der Waals surface area contributed by atoms with Crippen LogP contribution in [0.1, 0.15) is 21.9 Å². The van der Waals surface area contributed by atoms with Crippen LogP contribution < -0.4 is 10.1 Å². The van der Waals surface area contributed by atoms with E-state index in [2.05, 4.69) is 20.3 Å². The van der Waals surface area contributed by atoms with E-state index in [0.29, 0.717) is 11.6 Å². The number of ether oxygens (including phenoxy) is 1. The summed E-state index contributed by atoms with van der Waals surface area (Å²) in [4.78, 5) is 23.9. The van der Waals surface area contributed by atoms with Gasteiger partial charge in [-0.1, -0.05) is 17.7 Å². The molecule has 1 aromatic carbocycles. The normalized spacial score (nSPS) is 11.5. The van der Waals surface area contributed by atoms with Crippen molar-refractivity contribution in [1.82, 2.24) is 19.4 Å². The molecule has 0 fully saturated rings. The van der Waals surface area contributed by atoms with E-state index in [9.17, 15) is 18.0 Å². The lowest BCUT2D eigenvalue weighted by atomic mass is 10.2. The minimum absolute atomic E-state index is 0.0605. The lowest BCUT2D eigenvalue weighted by Crippen LogP contribution is -2.14. The fourth-order valence-electron chi connectivity index (χ4n) is 2.74. The molecule has 3 aromatic heterocycles. The molecule has 1 amide bonds. The van der Waals surface area contributed by atoms with Crippen LogP contribution >= 0.6 is 0 Å². The van der Waals surface area contributed by atoms with Gasteiger partial charge in [-0.2, -0.15) is 13.2 Å². The van der Waals surface area contributed by atoms with E-state index >= 15 is 0 Å². The molecule has 1 N–H and O–H groups in total. The molecule has 0 aliphatic carbocycles. The van der Waals surface area contributed by atoms with Gasteiger partial charge in [0, 0.05) is 18.5 Å². The molecule has 0 spiro atoms. The Hall–Kier alpha value is -3.95. The standard InChI is InChI=1S/C20H14F3N5O2/c1-12-2-5-14(6-3-12)30-16-7-4-13(10-25-16)26-18(29)17-15-11-24-8-9-28(15)19(27-17)20(21,22)23/h2-11H,1H3,(H,26,29). The first-order valence-electron chi connectivity index (χ1n) is 8.72. The van der Waals surface area contributed by atoms with Crippen LogP contribution in [0.4, 0.5) is 18.9 Å². The van der Waals surface area contributed by atoms with E-state index in [4.69, 9.17) is 4.74 Å². The number of pyridine rings is 1. The maximum absolute atomic E-state index is 13.2. The number of carbonyl (C=O) groups is 1. The van der Waals surface area contributed by atoms with E-state index in [0.717, 1.165) is 22.4 Å². The van der Waals surface area contributed by atoms with Gasteiger partial charge in [-0.3, -0.25) is 14.2 Å². The number of halogens is 3. The van der Waals surface area contributed by atoms with E-state index in [1.54, 1.807) is 12.1 Å². The zero-order valence-corrected chi connectivity index (χ0v) is 15.5. The molecule has 7 nitrogen and oxygen atoms in total. The van der Waals surface area contributed by atoms with Gasteiger partial charge in [-0.05, 0) is 25.1 Å². The van der Waals surface area contributed by atoms with Gasteiger partial charge in [0.05, 0.1) is 23.6 Å². The smallest absolute Gasteiger partial charge is 0.439 e. The summed E-state index contributed by atoms with van der Waals surface area (Å²) in [6.07, 6.45) is 0.0405. The molecule has 3 heterocycles. The van der Waals surface area contributed by atoms with E-state index in [-0.39, 0.29) is 11.2 Å². The SMILES string of the molecule is Cc1ccc(Oc2ccc(NC(=O)c3nc(C(F)(F)F)n4ccncc34)cn2)cc1. The summed E-state index contributed by atoms with van der Waals surface area (Å²) in [6, 6.07) is 10.4. The number of rotatable bonds is 4. The molecule has 0 radical (unpaired) electrons. The molecule has 0 unspecified atom stereocenters. The highest BCUT2D eigenvalue weighted by molar-refractivity contribution is 6.07. The van der Waals surface area contributed by atoms with Crippen LogP contribution in [0.25, 0.3) is 5.52 Å². The second-order valence-corrected chi connectivity index (χ2v) is 6.37. The van der Waals surface area contributed by atoms with Crippen molar-refractivity contribution in [1.29, 1.82) is 0 Å². The van der Waals surface area contributed by atoms with Gasteiger partial charge in [0.25, 0.3) is 5.91 Å². The number of nitrogens with one attached hydrogen (secondary N) is 1. The maximum atomic E-state index is 13.2. The Morgan fingerprint density at radius 1 is 1.10 bits per heavy atom. The lowest BCUT2D eigenvalue weighted by Gasteiger charge is -2.07. The Morgan fingerprint density at radius 2 is 1.87 bits per heavy atom. The summed E-state index contributed by atoms with van der Waals surface area (Å²) < 4.78 is 46.0. The second kappa shape index (κ2) is 7.47. The molecule has 152 valence electrons. The molecule has 0 saturated heterocycles. The van der Waals surface area contributed by atoms with E-state index < -0.39 is 23.6 Å².